The third-order valence-electron chi connectivity index (χ3n) is 4.88. The van der Waals surface area contributed by atoms with Gasteiger partial charge >= 0.3 is 0 Å². The molecule has 0 aromatic heterocycles. The maximum atomic E-state index is 12.3. The molecule has 1 fully saturated rings. The van der Waals surface area contributed by atoms with Gasteiger partial charge in [0.2, 0.25) is 5.91 Å². The summed E-state index contributed by atoms with van der Waals surface area (Å²) in [5.41, 5.74) is 7.51. The molecule has 3 N–H and O–H groups in total. The van der Waals surface area contributed by atoms with Crippen LogP contribution in [-0.4, -0.2) is 10.9 Å². The van der Waals surface area contributed by atoms with E-state index in [1.807, 2.05) is 24.3 Å². The van der Waals surface area contributed by atoms with Crippen molar-refractivity contribution in [3.8, 4) is 0 Å². The van der Waals surface area contributed by atoms with Gasteiger partial charge < -0.3 is 11.1 Å². The van der Waals surface area contributed by atoms with Crippen LogP contribution in [0, 0.1) is 16.7 Å². The summed E-state index contributed by atoms with van der Waals surface area (Å²) in [5, 5.41) is 2.99. The molecular formula is C16H22N2OS. The molecule has 0 atom stereocenters. The summed E-state index contributed by atoms with van der Waals surface area (Å²) in [4.78, 5) is 12.8. The maximum absolute atomic E-state index is 12.3. The SMILES string of the molecule is CC1(C)C(C(=O)Nc2ccc(CC(N)=S)cc2)C1(C)C. The van der Waals surface area contributed by atoms with Crippen molar-refractivity contribution < 1.29 is 4.79 Å². The number of nitrogens with two attached hydrogens (primary N) is 1. The Hall–Kier alpha value is -1.42. The van der Waals surface area contributed by atoms with Crippen LogP contribution in [0.5, 0.6) is 0 Å². The standard InChI is InChI=1S/C16H22N2OS/c1-15(2)13(16(15,3)4)14(19)18-11-7-5-10(6-8-11)9-12(17)20/h5-8,13H,9H2,1-4H3,(H2,17,20)(H,18,19). The second-order valence-corrected chi connectivity index (χ2v) is 7.23. The Bertz CT molecular complexity index is 532. The van der Waals surface area contributed by atoms with Crippen LogP contribution in [0.15, 0.2) is 24.3 Å². The fraction of sp³-hybridized carbons (Fsp3) is 0.500. The molecule has 4 heteroatoms. The predicted octanol–water partition coefficient (Wildman–Crippen LogP) is 3.14. The molecule has 0 spiro atoms. The fourth-order valence-electron chi connectivity index (χ4n) is 2.97. The number of amides is 1. The Morgan fingerprint density at radius 1 is 1.20 bits per heavy atom. The molecule has 20 heavy (non-hydrogen) atoms. The molecule has 0 aliphatic heterocycles. The summed E-state index contributed by atoms with van der Waals surface area (Å²) in [6.07, 6.45) is 0.590. The highest BCUT2D eigenvalue weighted by Crippen LogP contribution is 2.68. The molecule has 0 radical (unpaired) electrons. The zero-order valence-corrected chi connectivity index (χ0v) is 13.3. The number of hydrogen-bond acceptors (Lipinski definition) is 2. The largest absolute Gasteiger partial charge is 0.393 e. The summed E-state index contributed by atoms with van der Waals surface area (Å²) in [5.74, 6) is 0.161. The highest BCUT2D eigenvalue weighted by atomic mass is 32.1. The lowest BCUT2D eigenvalue weighted by Crippen LogP contribution is -2.17. The minimum Gasteiger partial charge on any atom is -0.393 e. The van der Waals surface area contributed by atoms with E-state index in [9.17, 15) is 4.79 Å². The molecule has 1 aliphatic rings. The van der Waals surface area contributed by atoms with Crippen LogP contribution in [0.4, 0.5) is 5.69 Å². The van der Waals surface area contributed by atoms with Crippen LogP contribution in [0.25, 0.3) is 0 Å². The van der Waals surface area contributed by atoms with E-state index in [-0.39, 0.29) is 22.7 Å². The van der Waals surface area contributed by atoms with Crippen LogP contribution in [0.2, 0.25) is 0 Å². The smallest absolute Gasteiger partial charge is 0.228 e. The third-order valence-corrected chi connectivity index (χ3v) is 5.03. The molecule has 2 rings (SSSR count). The van der Waals surface area contributed by atoms with Gasteiger partial charge in [0.25, 0.3) is 0 Å². The van der Waals surface area contributed by atoms with Gasteiger partial charge in [0.15, 0.2) is 0 Å². The van der Waals surface area contributed by atoms with Crippen LogP contribution in [0.3, 0.4) is 0 Å². The number of carbonyl (C=O) groups excluding carboxylic acids is 1. The molecule has 0 saturated heterocycles. The quantitative estimate of drug-likeness (QED) is 0.838. The van der Waals surface area contributed by atoms with E-state index in [1.165, 1.54) is 0 Å². The molecule has 1 amide bonds. The van der Waals surface area contributed by atoms with Crippen molar-refractivity contribution in [1.29, 1.82) is 0 Å². The Balaban J connectivity index is 2.01. The number of rotatable bonds is 4. The minimum absolute atomic E-state index is 0.0583. The van der Waals surface area contributed by atoms with Crippen molar-refractivity contribution in [3.63, 3.8) is 0 Å². The monoisotopic (exact) mass is 290 g/mol. The van der Waals surface area contributed by atoms with E-state index in [4.69, 9.17) is 18.0 Å². The first-order valence-electron chi connectivity index (χ1n) is 6.84. The van der Waals surface area contributed by atoms with E-state index in [0.29, 0.717) is 11.4 Å². The Morgan fingerprint density at radius 3 is 2.10 bits per heavy atom. The first kappa shape index (κ1) is 15.0. The zero-order valence-electron chi connectivity index (χ0n) is 12.5. The summed E-state index contributed by atoms with van der Waals surface area (Å²) in [6, 6.07) is 7.68. The summed E-state index contributed by atoms with van der Waals surface area (Å²) in [6.45, 7) is 8.57. The number of thiocarbonyl (C=S) groups is 1. The van der Waals surface area contributed by atoms with E-state index < -0.39 is 0 Å². The Morgan fingerprint density at radius 2 is 1.70 bits per heavy atom. The highest BCUT2D eigenvalue weighted by molar-refractivity contribution is 7.80. The van der Waals surface area contributed by atoms with Gasteiger partial charge in [0.05, 0.1) is 4.99 Å². The predicted molar refractivity (Wildman–Crippen MR) is 86.6 cm³/mol. The van der Waals surface area contributed by atoms with E-state index in [1.54, 1.807) is 0 Å². The number of carbonyl (C=O) groups is 1. The van der Waals surface area contributed by atoms with Crippen molar-refractivity contribution in [2.75, 3.05) is 5.32 Å². The normalized spacial score (nSPS) is 19.4. The second kappa shape index (κ2) is 4.85. The third kappa shape index (κ3) is 2.57. The molecule has 0 unspecified atom stereocenters. The van der Waals surface area contributed by atoms with E-state index >= 15 is 0 Å². The molecule has 0 bridgehead atoms. The maximum Gasteiger partial charge on any atom is 0.228 e. The van der Waals surface area contributed by atoms with Crippen molar-refractivity contribution in [3.05, 3.63) is 29.8 Å². The van der Waals surface area contributed by atoms with Crippen molar-refractivity contribution in [2.24, 2.45) is 22.5 Å². The average molecular weight is 290 g/mol. The molecule has 1 saturated carbocycles. The van der Waals surface area contributed by atoms with Gasteiger partial charge in [-0.3, -0.25) is 4.79 Å². The van der Waals surface area contributed by atoms with Crippen molar-refractivity contribution >= 4 is 28.8 Å². The number of nitrogens with one attached hydrogen (secondary N) is 1. The molecule has 108 valence electrons. The molecule has 0 heterocycles. The lowest BCUT2D eigenvalue weighted by atomic mass is 10.0. The van der Waals surface area contributed by atoms with E-state index in [2.05, 4.69) is 33.0 Å². The second-order valence-electron chi connectivity index (χ2n) is 6.71. The highest BCUT2D eigenvalue weighted by Gasteiger charge is 2.68. The Labute approximate surface area is 125 Å². The summed E-state index contributed by atoms with van der Waals surface area (Å²) < 4.78 is 0. The van der Waals surface area contributed by atoms with Gasteiger partial charge in [-0.1, -0.05) is 52.0 Å². The van der Waals surface area contributed by atoms with Gasteiger partial charge in [-0.15, -0.1) is 0 Å². The van der Waals surface area contributed by atoms with Crippen LogP contribution in [-0.2, 0) is 11.2 Å². The Kier molecular flexibility index (Phi) is 3.63. The molecule has 1 aromatic carbocycles. The van der Waals surface area contributed by atoms with Crippen LogP contribution in [0.1, 0.15) is 33.3 Å². The zero-order chi connectivity index (χ0) is 15.1. The topological polar surface area (TPSA) is 55.1 Å². The van der Waals surface area contributed by atoms with Gasteiger partial charge in [-0.25, -0.2) is 0 Å². The minimum atomic E-state index is 0.0583. The fourth-order valence-corrected chi connectivity index (χ4v) is 3.14. The molecule has 1 aromatic rings. The van der Waals surface area contributed by atoms with Gasteiger partial charge in [-0.2, -0.15) is 0 Å². The number of anilines is 1. The van der Waals surface area contributed by atoms with Crippen molar-refractivity contribution in [1.82, 2.24) is 0 Å². The number of hydrogen-bond donors (Lipinski definition) is 2. The lowest BCUT2D eigenvalue weighted by Gasteiger charge is -2.07. The molecular weight excluding hydrogens is 268 g/mol. The van der Waals surface area contributed by atoms with E-state index in [0.717, 1.165) is 11.3 Å². The van der Waals surface area contributed by atoms with Crippen molar-refractivity contribution in [2.45, 2.75) is 34.1 Å². The van der Waals surface area contributed by atoms with Crippen LogP contribution >= 0.6 is 12.2 Å². The van der Waals surface area contributed by atoms with Gasteiger partial charge in [0.1, 0.15) is 0 Å². The molecule has 1 aliphatic carbocycles. The molecule has 3 nitrogen and oxygen atoms in total. The summed E-state index contributed by atoms with van der Waals surface area (Å²) in [7, 11) is 0. The first-order chi connectivity index (χ1) is 9.16. The van der Waals surface area contributed by atoms with Gasteiger partial charge in [-0.05, 0) is 28.5 Å². The number of benzene rings is 1. The lowest BCUT2D eigenvalue weighted by molar-refractivity contribution is -0.118. The first-order valence-corrected chi connectivity index (χ1v) is 7.25. The van der Waals surface area contributed by atoms with Gasteiger partial charge in [0, 0.05) is 18.0 Å². The summed E-state index contributed by atoms with van der Waals surface area (Å²) >= 11 is 4.88. The van der Waals surface area contributed by atoms with Crippen LogP contribution < -0.4 is 11.1 Å². The average Bonchev–Trinajstić information content (AvgIpc) is 2.71.